The zero-order valence-corrected chi connectivity index (χ0v) is 12.1. The Balaban J connectivity index is 2.37. The quantitative estimate of drug-likeness (QED) is 0.789. The Labute approximate surface area is 117 Å². The summed E-state index contributed by atoms with van der Waals surface area (Å²) in [6.07, 6.45) is -1.53. The van der Waals surface area contributed by atoms with Crippen LogP contribution in [0, 0.1) is 6.92 Å². The Morgan fingerprint density at radius 1 is 1.35 bits per heavy atom. The number of ether oxygens (including phenoxy) is 1. The average Bonchev–Trinajstić information content (AvgIpc) is 2.81. The number of benzene rings is 1. The maximum Gasteiger partial charge on any atom is 0.324 e. The van der Waals surface area contributed by atoms with Crippen LogP contribution in [0.15, 0.2) is 29.2 Å². The fourth-order valence-electron chi connectivity index (χ4n) is 2.22. The predicted octanol–water partition coefficient (Wildman–Crippen LogP) is 1.27. The van der Waals surface area contributed by atoms with Gasteiger partial charge in [-0.2, -0.15) is 4.31 Å². The molecule has 1 fully saturated rings. The molecule has 0 amide bonds. The fraction of sp³-hybridized carbons (Fsp3) is 0.462. The van der Waals surface area contributed by atoms with Gasteiger partial charge in [0.15, 0.2) is 0 Å². The van der Waals surface area contributed by atoms with Gasteiger partial charge in [0.25, 0.3) is 0 Å². The highest BCUT2D eigenvalue weighted by Crippen LogP contribution is 2.28. The number of halogens is 1. The van der Waals surface area contributed by atoms with Gasteiger partial charge >= 0.3 is 5.97 Å². The van der Waals surface area contributed by atoms with E-state index in [0.717, 1.165) is 17.0 Å². The zero-order chi connectivity index (χ0) is 14.9. The highest BCUT2D eigenvalue weighted by Gasteiger charge is 2.44. The summed E-state index contributed by atoms with van der Waals surface area (Å²) in [5.74, 6) is -0.735. The SMILES string of the molecule is COC(=O)[C@@H]1C[C@@H](F)CN1S(=O)(=O)c1ccc(C)cc1. The fourth-order valence-corrected chi connectivity index (χ4v) is 3.83. The summed E-state index contributed by atoms with van der Waals surface area (Å²) >= 11 is 0. The Bertz CT molecular complexity index is 599. The van der Waals surface area contributed by atoms with Crippen molar-refractivity contribution in [3.8, 4) is 0 Å². The van der Waals surface area contributed by atoms with Crippen molar-refractivity contribution in [2.75, 3.05) is 13.7 Å². The molecule has 5 nitrogen and oxygen atoms in total. The molecule has 0 spiro atoms. The minimum Gasteiger partial charge on any atom is -0.468 e. The van der Waals surface area contributed by atoms with Gasteiger partial charge in [0.1, 0.15) is 12.2 Å². The topological polar surface area (TPSA) is 63.7 Å². The van der Waals surface area contributed by atoms with Crippen molar-refractivity contribution < 1.29 is 22.3 Å². The van der Waals surface area contributed by atoms with Crippen LogP contribution in [0.3, 0.4) is 0 Å². The van der Waals surface area contributed by atoms with Crippen molar-refractivity contribution in [3.63, 3.8) is 0 Å². The van der Waals surface area contributed by atoms with Crippen molar-refractivity contribution in [3.05, 3.63) is 29.8 Å². The van der Waals surface area contributed by atoms with Crippen LogP contribution < -0.4 is 0 Å². The first-order valence-corrected chi connectivity index (χ1v) is 7.60. The standard InChI is InChI=1S/C13H16FNO4S/c1-9-3-5-11(6-4-9)20(17,18)15-8-10(14)7-12(15)13(16)19-2/h3-6,10,12H,7-8H2,1-2H3/t10-,12+/m1/s1. The maximum atomic E-state index is 13.5. The number of alkyl halides is 1. The Morgan fingerprint density at radius 2 is 1.95 bits per heavy atom. The molecular weight excluding hydrogens is 285 g/mol. The normalized spacial score (nSPS) is 23.8. The first kappa shape index (κ1) is 14.9. The molecule has 0 radical (unpaired) electrons. The van der Waals surface area contributed by atoms with E-state index in [-0.39, 0.29) is 17.9 Å². The number of hydrogen-bond donors (Lipinski definition) is 0. The lowest BCUT2D eigenvalue weighted by atomic mass is 10.2. The molecule has 110 valence electrons. The lowest BCUT2D eigenvalue weighted by molar-refractivity contribution is -0.144. The van der Waals surface area contributed by atoms with Crippen LogP contribution in [0.4, 0.5) is 4.39 Å². The monoisotopic (exact) mass is 301 g/mol. The molecule has 0 aromatic heterocycles. The third kappa shape index (κ3) is 2.69. The van der Waals surface area contributed by atoms with Gasteiger partial charge in [-0.25, -0.2) is 12.8 Å². The molecule has 1 aromatic carbocycles. The van der Waals surface area contributed by atoms with Crippen LogP contribution in [0.25, 0.3) is 0 Å². The predicted molar refractivity (Wildman–Crippen MR) is 70.4 cm³/mol. The smallest absolute Gasteiger partial charge is 0.324 e. The first-order chi connectivity index (χ1) is 9.36. The Hall–Kier alpha value is -1.47. The van der Waals surface area contributed by atoms with Crippen molar-refractivity contribution in [2.24, 2.45) is 0 Å². The molecule has 0 N–H and O–H groups in total. The molecule has 7 heteroatoms. The van der Waals surface area contributed by atoms with Crippen LogP contribution in [0.1, 0.15) is 12.0 Å². The second-order valence-electron chi connectivity index (χ2n) is 4.76. The summed E-state index contributed by atoms with van der Waals surface area (Å²) in [5, 5.41) is 0. The second kappa shape index (κ2) is 5.49. The van der Waals surface area contributed by atoms with Crippen molar-refractivity contribution in [1.29, 1.82) is 0 Å². The van der Waals surface area contributed by atoms with Gasteiger partial charge in [0.05, 0.1) is 12.0 Å². The van der Waals surface area contributed by atoms with Crippen molar-refractivity contribution in [1.82, 2.24) is 4.31 Å². The molecule has 20 heavy (non-hydrogen) atoms. The van der Waals surface area contributed by atoms with Gasteiger partial charge in [0, 0.05) is 13.0 Å². The number of aryl methyl sites for hydroxylation is 1. The number of hydrogen-bond acceptors (Lipinski definition) is 4. The van der Waals surface area contributed by atoms with E-state index in [4.69, 9.17) is 0 Å². The molecule has 1 aliphatic rings. The van der Waals surface area contributed by atoms with E-state index in [2.05, 4.69) is 4.74 Å². The summed E-state index contributed by atoms with van der Waals surface area (Å²) in [4.78, 5) is 11.7. The molecule has 2 rings (SSSR count). The minimum absolute atomic E-state index is 0.0473. The van der Waals surface area contributed by atoms with E-state index in [1.54, 1.807) is 12.1 Å². The lowest BCUT2D eigenvalue weighted by Crippen LogP contribution is -2.41. The van der Waals surface area contributed by atoms with E-state index in [1.165, 1.54) is 12.1 Å². The number of carbonyl (C=O) groups is 1. The summed E-state index contributed by atoms with van der Waals surface area (Å²) in [6.45, 7) is 1.51. The molecule has 0 unspecified atom stereocenters. The third-order valence-corrected chi connectivity index (χ3v) is 5.19. The van der Waals surface area contributed by atoms with Crippen molar-refractivity contribution >= 4 is 16.0 Å². The maximum absolute atomic E-state index is 13.5. The van der Waals surface area contributed by atoms with E-state index < -0.39 is 28.2 Å². The minimum atomic E-state index is -3.90. The zero-order valence-electron chi connectivity index (χ0n) is 11.2. The van der Waals surface area contributed by atoms with Gasteiger partial charge < -0.3 is 4.74 Å². The molecule has 0 aliphatic carbocycles. The number of nitrogens with zero attached hydrogens (tertiary/aromatic N) is 1. The number of carbonyl (C=O) groups excluding carboxylic acids is 1. The molecular formula is C13H16FNO4S. The molecule has 1 saturated heterocycles. The summed E-state index contributed by atoms with van der Waals surface area (Å²) in [7, 11) is -2.74. The number of esters is 1. The van der Waals surface area contributed by atoms with Crippen molar-refractivity contribution in [2.45, 2.75) is 30.5 Å². The van der Waals surface area contributed by atoms with E-state index in [1.807, 2.05) is 6.92 Å². The number of rotatable bonds is 3. The van der Waals surface area contributed by atoms with Crippen LogP contribution in [-0.4, -0.2) is 44.6 Å². The van der Waals surface area contributed by atoms with Gasteiger partial charge in [0.2, 0.25) is 10.0 Å². The lowest BCUT2D eigenvalue weighted by Gasteiger charge is -2.21. The number of methoxy groups -OCH3 is 1. The third-order valence-electron chi connectivity index (χ3n) is 3.31. The summed E-state index contributed by atoms with van der Waals surface area (Å²) in [6, 6.07) is 5.11. The van der Waals surface area contributed by atoms with Crippen LogP contribution in [0.2, 0.25) is 0 Å². The summed E-state index contributed by atoms with van der Waals surface area (Å²) < 4.78 is 43.9. The van der Waals surface area contributed by atoms with E-state index in [0.29, 0.717) is 0 Å². The molecule has 0 bridgehead atoms. The van der Waals surface area contributed by atoms with Crippen LogP contribution in [0.5, 0.6) is 0 Å². The summed E-state index contributed by atoms with van der Waals surface area (Å²) in [5.41, 5.74) is 0.915. The largest absolute Gasteiger partial charge is 0.468 e. The second-order valence-corrected chi connectivity index (χ2v) is 6.65. The van der Waals surface area contributed by atoms with Gasteiger partial charge in [-0.05, 0) is 19.1 Å². The Kier molecular flexibility index (Phi) is 4.10. The van der Waals surface area contributed by atoms with Crippen LogP contribution >= 0.6 is 0 Å². The molecule has 1 aromatic rings. The molecule has 1 heterocycles. The number of sulfonamides is 1. The highest BCUT2D eigenvalue weighted by atomic mass is 32.2. The van der Waals surface area contributed by atoms with Gasteiger partial charge in [-0.15, -0.1) is 0 Å². The van der Waals surface area contributed by atoms with Crippen LogP contribution in [-0.2, 0) is 19.6 Å². The van der Waals surface area contributed by atoms with Gasteiger partial charge in [-0.1, -0.05) is 17.7 Å². The van der Waals surface area contributed by atoms with Gasteiger partial charge in [-0.3, -0.25) is 4.79 Å². The first-order valence-electron chi connectivity index (χ1n) is 6.16. The molecule has 0 saturated carbocycles. The van der Waals surface area contributed by atoms with E-state index in [9.17, 15) is 17.6 Å². The van der Waals surface area contributed by atoms with E-state index >= 15 is 0 Å². The molecule has 1 aliphatic heterocycles. The average molecular weight is 301 g/mol. The highest BCUT2D eigenvalue weighted by molar-refractivity contribution is 7.89. The molecule has 2 atom stereocenters. The Morgan fingerprint density at radius 3 is 2.50 bits per heavy atom.